The lowest BCUT2D eigenvalue weighted by molar-refractivity contribution is 0.102. The third-order valence-corrected chi connectivity index (χ3v) is 3.97. The van der Waals surface area contributed by atoms with Gasteiger partial charge in [0.1, 0.15) is 0 Å². The van der Waals surface area contributed by atoms with Crippen molar-refractivity contribution in [2.45, 2.75) is 6.92 Å². The van der Waals surface area contributed by atoms with Crippen LogP contribution >= 0.6 is 11.6 Å². The number of halogens is 1. The Morgan fingerprint density at radius 1 is 1.20 bits per heavy atom. The van der Waals surface area contributed by atoms with Gasteiger partial charge in [-0.25, -0.2) is 0 Å². The van der Waals surface area contributed by atoms with Crippen LogP contribution in [-0.2, 0) is 0 Å². The van der Waals surface area contributed by atoms with E-state index in [1.165, 1.54) is 0 Å². The van der Waals surface area contributed by atoms with Gasteiger partial charge in [-0.2, -0.15) is 0 Å². The number of rotatable bonds is 5. The molecule has 25 heavy (non-hydrogen) atoms. The summed E-state index contributed by atoms with van der Waals surface area (Å²) in [6, 6.07) is 12.9. The van der Waals surface area contributed by atoms with Gasteiger partial charge in [0, 0.05) is 28.6 Å². The summed E-state index contributed by atoms with van der Waals surface area (Å²) in [5.74, 6) is 0.361. The second kappa shape index (κ2) is 7.32. The molecule has 0 saturated heterocycles. The summed E-state index contributed by atoms with van der Waals surface area (Å²) < 4.78 is 0. The van der Waals surface area contributed by atoms with Crippen LogP contribution in [0.1, 0.15) is 15.9 Å². The van der Waals surface area contributed by atoms with E-state index >= 15 is 0 Å². The van der Waals surface area contributed by atoms with Gasteiger partial charge < -0.3 is 10.6 Å². The fraction of sp³-hybridized carbons (Fsp3) is 0.105. The molecule has 2 N–H and O–H groups in total. The zero-order chi connectivity index (χ0) is 17.8. The molecule has 1 aromatic heterocycles. The van der Waals surface area contributed by atoms with Gasteiger partial charge in [-0.3, -0.25) is 4.79 Å². The van der Waals surface area contributed by atoms with Crippen molar-refractivity contribution in [3.63, 3.8) is 0 Å². The van der Waals surface area contributed by atoms with Crippen LogP contribution in [0.4, 0.5) is 11.5 Å². The Kier molecular flexibility index (Phi) is 4.95. The van der Waals surface area contributed by atoms with E-state index in [1.807, 2.05) is 31.2 Å². The Morgan fingerprint density at radius 2 is 2.04 bits per heavy atom. The van der Waals surface area contributed by atoms with E-state index in [1.54, 1.807) is 24.3 Å². The lowest BCUT2D eigenvalue weighted by atomic mass is 10.1. The van der Waals surface area contributed by atoms with Crippen LogP contribution in [0.5, 0.6) is 0 Å². The molecule has 2 aromatic carbocycles. The highest BCUT2D eigenvalue weighted by Crippen LogP contribution is 2.27. The summed E-state index contributed by atoms with van der Waals surface area (Å²) >= 11 is 6.12. The van der Waals surface area contributed by atoms with Crippen LogP contribution < -0.4 is 10.6 Å². The molecule has 3 aromatic rings. The van der Waals surface area contributed by atoms with E-state index in [0.29, 0.717) is 23.1 Å². The number of carbonyl (C=O) groups is 1. The molecule has 1 amide bonds. The molecule has 3 rings (SSSR count). The smallest absolute Gasteiger partial charge is 0.255 e. The fourth-order valence-corrected chi connectivity index (χ4v) is 2.69. The second-order valence-corrected chi connectivity index (χ2v) is 5.95. The fourth-order valence-electron chi connectivity index (χ4n) is 2.49. The predicted molar refractivity (Wildman–Crippen MR) is 102 cm³/mol. The molecular weight excluding hydrogens is 336 g/mol. The quantitative estimate of drug-likeness (QED) is 0.666. The van der Waals surface area contributed by atoms with Crippen LogP contribution in [0.15, 0.2) is 55.1 Å². The molecule has 1 heterocycles. The first kappa shape index (κ1) is 16.9. The van der Waals surface area contributed by atoms with Crippen LogP contribution in [0.2, 0.25) is 5.15 Å². The first-order valence-corrected chi connectivity index (χ1v) is 8.15. The minimum atomic E-state index is -0.199. The average Bonchev–Trinajstić information content (AvgIpc) is 2.61. The number of hydrogen-bond donors (Lipinski definition) is 2. The first-order valence-electron chi connectivity index (χ1n) is 7.77. The number of nitrogens with one attached hydrogen (secondary N) is 2. The second-order valence-electron chi connectivity index (χ2n) is 5.59. The van der Waals surface area contributed by atoms with Crippen molar-refractivity contribution in [3.8, 4) is 0 Å². The van der Waals surface area contributed by atoms with Crippen LogP contribution in [0.3, 0.4) is 0 Å². The molecular formula is C19H17ClN4O. The van der Waals surface area contributed by atoms with Crippen molar-refractivity contribution in [1.82, 2.24) is 10.2 Å². The van der Waals surface area contributed by atoms with Gasteiger partial charge >= 0.3 is 0 Å². The highest BCUT2D eigenvalue weighted by atomic mass is 35.5. The molecule has 0 aliphatic heterocycles. The monoisotopic (exact) mass is 352 g/mol. The third-order valence-electron chi connectivity index (χ3n) is 3.69. The lowest BCUT2D eigenvalue weighted by Crippen LogP contribution is -2.12. The van der Waals surface area contributed by atoms with Crippen molar-refractivity contribution in [2.24, 2.45) is 0 Å². The van der Waals surface area contributed by atoms with Crippen molar-refractivity contribution in [3.05, 3.63) is 71.4 Å². The van der Waals surface area contributed by atoms with Crippen LogP contribution in [0.25, 0.3) is 10.8 Å². The molecule has 126 valence electrons. The maximum atomic E-state index is 12.6. The van der Waals surface area contributed by atoms with Crippen molar-refractivity contribution < 1.29 is 4.79 Å². The summed E-state index contributed by atoms with van der Waals surface area (Å²) in [7, 11) is 0. The van der Waals surface area contributed by atoms with E-state index in [2.05, 4.69) is 27.4 Å². The van der Waals surface area contributed by atoms with E-state index in [9.17, 15) is 4.79 Å². The molecule has 0 bridgehead atoms. The summed E-state index contributed by atoms with van der Waals surface area (Å²) in [5, 5.41) is 15.8. The summed E-state index contributed by atoms with van der Waals surface area (Å²) in [6.45, 7) is 6.18. The number of amides is 1. The molecule has 0 aliphatic rings. The Bertz CT molecular complexity index is 955. The SMILES string of the molecule is C=CCNc1nnc(Cl)c2ccc(C(=O)Nc3cccc(C)c3)cc12. The molecule has 0 unspecified atom stereocenters. The maximum Gasteiger partial charge on any atom is 0.255 e. The normalized spacial score (nSPS) is 10.5. The number of hydrogen-bond acceptors (Lipinski definition) is 4. The molecule has 0 radical (unpaired) electrons. The van der Waals surface area contributed by atoms with E-state index in [-0.39, 0.29) is 5.91 Å². The highest BCUT2D eigenvalue weighted by Gasteiger charge is 2.12. The van der Waals surface area contributed by atoms with Gasteiger partial charge in [0.2, 0.25) is 0 Å². The van der Waals surface area contributed by atoms with Gasteiger partial charge in [0.15, 0.2) is 11.0 Å². The maximum absolute atomic E-state index is 12.6. The number of aromatic nitrogens is 2. The Hall–Kier alpha value is -2.92. The molecule has 5 nitrogen and oxygen atoms in total. The summed E-state index contributed by atoms with van der Waals surface area (Å²) in [5.41, 5.74) is 2.34. The lowest BCUT2D eigenvalue weighted by Gasteiger charge is -2.10. The van der Waals surface area contributed by atoms with Crippen molar-refractivity contribution in [1.29, 1.82) is 0 Å². The molecule has 0 aliphatic carbocycles. The molecule has 0 saturated carbocycles. The molecule has 0 atom stereocenters. The van der Waals surface area contributed by atoms with Crippen molar-refractivity contribution >= 4 is 39.8 Å². The Labute approximate surface area is 150 Å². The zero-order valence-corrected chi connectivity index (χ0v) is 14.5. The van der Waals surface area contributed by atoms with E-state index in [4.69, 9.17) is 11.6 Å². The number of nitrogens with zero attached hydrogens (tertiary/aromatic N) is 2. The molecule has 6 heteroatoms. The first-order chi connectivity index (χ1) is 12.1. The number of aryl methyl sites for hydroxylation is 1. The van der Waals surface area contributed by atoms with Gasteiger partial charge in [-0.15, -0.1) is 16.8 Å². The Morgan fingerprint density at radius 3 is 2.80 bits per heavy atom. The largest absolute Gasteiger partial charge is 0.365 e. The average molecular weight is 353 g/mol. The minimum Gasteiger partial charge on any atom is -0.365 e. The van der Waals surface area contributed by atoms with Gasteiger partial charge in [-0.05, 0) is 36.8 Å². The number of fused-ring (bicyclic) bond motifs is 1. The number of benzene rings is 2. The van der Waals surface area contributed by atoms with Crippen molar-refractivity contribution in [2.75, 3.05) is 17.2 Å². The van der Waals surface area contributed by atoms with Gasteiger partial charge in [0.05, 0.1) is 0 Å². The standard InChI is InChI=1S/C19H17ClN4O/c1-3-9-21-18-16-11-13(7-8-15(16)17(20)23-24-18)19(25)22-14-6-4-5-12(2)10-14/h3-8,10-11H,1,9H2,2H3,(H,21,24)(H,22,25). The van der Waals surface area contributed by atoms with Crippen LogP contribution in [-0.4, -0.2) is 22.6 Å². The predicted octanol–water partition coefficient (Wildman–Crippen LogP) is 4.44. The minimum absolute atomic E-state index is 0.199. The summed E-state index contributed by atoms with van der Waals surface area (Å²) in [6.07, 6.45) is 1.72. The molecule has 0 fully saturated rings. The van der Waals surface area contributed by atoms with E-state index < -0.39 is 0 Å². The van der Waals surface area contributed by atoms with Crippen LogP contribution in [0, 0.1) is 6.92 Å². The number of carbonyl (C=O) groups excluding carboxylic acids is 1. The number of anilines is 2. The highest BCUT2D eigenvalue weighted by molar-refractivity contribution is 6.34. The topological polar surface area (TPSA) is 66.9 Å². The summed E-state index contributed by atoms with van der Waals surface area (Å²) in [4.78, 5) is 12.6. The third kappa shape index (κ3) is 3.78. The zero-order valence-electron chi connectivity index (χ0n) is 13.7. The van der Waals surface area contributed by atoms with Gasteiger partial charge in [-0.1, -0.05) is 35.9 Å². The van der Waals surface area contributed by atoms with Gasteiger partial charge in [0.25, 0.3) is 5.91 Å². The van der Waals surface area contributed by atoms with E-state index in [0.717, 1.165) is 22.0 Å². The Balaban J connectivity index is 1.96. The molecule has 0 spiro atoms.